The van der Waals surface area contributed by atoms with Crippen molar-refractivity contribution in [2.24, 2.45) is 11.3 Å². The van der Waals surface area contributed by atoms with Gasteiger partial charge < -0.3 is 19.7 Å². The molecule has 0 aromatic heterocycles. The molecule has 3 atom stereocenters. The van der Waals surface area contributed by atoms with Gasteiger partial charge in [-0.05, 0) is 66.7 Å². The maximum Gasteiger partial charge on any atom is 0.329 e. The minimum Gasteiger partial charge on any atom is -0.489 e. The molecule has 48 heavy (non-hydrogen) atoms. The Morgan fingerprint density at radius 3 is 2.08 bits per heavy atom. The number of nitrogens with zero attached hydrogens (tertiary/aromatic N) is 1. The maximum atomic E-state index is 13.6. The molecule has 4 rings (SSSR count). The molecule has 1 N–H and O–H groups in total. The number of esters is 1. The Balaban J connectivity index is 0.000000609. The van der Waals surface area contributed by atoms with Crippen molar-refractivity contribution < 1.29 is 23.9 Å². The van der Waals surface area contributed by atoms with Crippen molar-refractivity contribution in [3.63, 3.8) is 0 Å². The molecule has 3 aromatic carbocycles. The number of hydrogen-bond donors (Lipinski definition) is 2. The average molecular weight is 675 g/mol. The van der Waals surface area contributed by atoms with E-state index in [4.69, 9.17) is 9.47 Å². The van der Waals surface area contributed by atoms with Crippen molar-refractivity contribution in [2.75, 3.05) is 6.54 Å². The number of hydrogen-bond acceptors (Lipinski definition) is 6. The van der Waals surface area contributed by atoms with Crippen LogP contribution in [0.3, 0.4) is 0 Å². The molecule has 0 aliphatic carbocycles. The first-order valence-corrected chi connectivity index (χ1v) is 17.5. The largest absolute Gasteiger partial charge is 0.489 e. The van der Waals surface area contributed by atoms with Crippen molar-refractivity contribution in [3.05, 3.63) is 101 Å². The van der Waals surface area contributed by atoms with Crippen LogP contribution in [0.4, 0.5) is 0 Å². The van der Waals surface area contributed by atoms with Crippen LogP contribution in [-0.4, -0.2) is 46.6 Å². The van der Waals surface area contributed by atoms with Gasteiger partial charge in [-0.25, -0.2) is 4.79 Å². The van der Waals surface area contributed by atoms with E-state index in [1.54, 1.807) is 4.90 Å². The highest BCUT2D eigenvalue weighted by Gasteiger charge is 2.38. The zero-order valence-electron chi connectivity index (χ0n) is 29.7. The van der Waals surface area contributed by atoms with Crippen LogP contribution >= 0.6 is 12.6 Å². The van der Waals surface area contributed by atoms with E-state index in [2.05, 4.69) is 58.6 Å². The summed E-state index contributed by atoms with van der Waals surface area (Å²) in [7, 11) is 0. The summed E-state index contributed by atoms with van der Waals surface area (Å²) in [5.74, 6) is 0.459. The van der Waals surface area contributed by atoms with Gasteiger partial charge in [-0.3, -0.25) is 9.59 Å². The van der Waals surface area contributed by atoms with Gasteiger partial charge in [-0.2, -0.15) is 12.6 Å². The second kappa shape index (κ2) is 18.7. The Bertz CT molecular complexity index is 1460. The first-order valence-electron chi connectivity index (χ1n) is 17.0. The van der Waals surface area contributed by atoms with Gasteiger partial charge >= 0.3 is 5.97 Å². The van der Waals surface area contributed by atoms with Gasteiger partial charge in [0.1, 0.15) is 31.0 Å². The van der Waals surface area contributed by atoms with E-state index in [0.29, 0.717) is 55.4 Å². The van der Waals surface area contributed by atoms with Gasteiger partial charge in [0.2, 0.25) is 11.8 Å². The number of aryl methyl sites for hydroxylation is 2. The SMILES string of the molecule is CC(=O)NC(CCc1cc(C)ccc1OCc1ccccc1)C(=O)N1CCCC1C(=O)OCc1ccccc1.CC(C)C(S)C(C)(C)C. The molecule has 0 saturated carbocycles. The second-order valence-corrected chi connectivity index (χ2v) is 14.6. The highest BCUT2D eigenvalue weighted by atomic mass is 32.1. The molecule has 3 unspecified atom stereocenters. The number of rotatable bonds is 12. The lowest BCUT2D eigenvalue weighted by molar-refractivity contribution is -0.155. The molecule has 260 valence electrons. The number of nitrogens with one attached hydrogen (secondary N) is 1. The van der Waals surface area contributed by atoms with E-state index in [1.165, 1.54) is 6.92 Å². The third-order valence-corrected chi connectivity index (χ3v) is 9.75. The van der Waals surface area contributed by atoms with Gasteiger partial charge in [0.25, 0.3) is 0 Å². The summed E-state index contributed by atoms with van der Waals surface area (Å²) >= 11 is 4.51. The molecule has 8 heteroatoms. The Labute approximate surface area is 293 Å². The first kappa shape index (κ1) is 38.7. The molecule has 1 aliphatic heterocycles. The lowest BCUT2D eigenvalue weighted by Crippen LogP contribution is -2.51. The molecule has 1 aliphatic rings. The van der Waals surface area contributed by atoms with E-state index < -0.39 is 18.1 Å². The second-order valence-electron chi connectivity index (χ2n) is 14.0. The Morgan fingerprint density at radius 1 is 0.938 bits per heavy atom. The molecular formula is C40H54N2O5S. The van der Waals surface area contributed by atoms with Gasteiger partial charge in [0, 0.05) is 18.7 Å². The molecule has 2 amide bonds. The number of ether oxygens (including phenoxy) is 2. The molecular weight excluding hydrogens is 621 g/mol. The van der Waals surface area contributed by atoms with Crippen molar-refractivity contribution in [2.45, 2.75) is 105 Å². The topological polar surface area (TPSA) is 84.9 Å². The van der Waals surface area contributed by atoms with Gasteiger partial charge in [-0.15, -0.1) is 0 Å². The highest BCUT2D eigenvalue weighted by Crippen LogP contribution is 2.29. The van der Waals surface area contributed by atoms with E-state index in [9.17, 15) is 14.4 Å². The average Bonchev–Trinajstić information content (AvgIpc) is 3.55. The summed E-state index contributed by atoms with van der Waals surface area (Å²) in [4.78, 5) is 40.1. The quantitative estimate of drug-likeness (QED) is 0.152. The Hall–Kier alpha value is -3.78. The van der Waals surface area contributed by atoms with Crippen LogP contribution in [0.1, 0.15) is 83.1 Å². The molecule has 3 aromatic rings. The molecule has 1 fully saturated rings. The van der Waals surface area contributed by atoms with Crippen LogP contribution < -0.4 is 10.1 Å². The normalized spacial score (nSPS) is 15.6. The van der Waals surface area contributed by atoms with E-state index in [1.807, 2.05) is 79.7 Å². The van der Waals surface area contributed by atoms with Crippen LogP contribution in [-0.2, 0) is 38.8 Å². The lowest BCUT2D eigenvalue weighted by atomic mass is 9.85. The molecule has 0 bridgehead atoms. The van der Waals surface area contributed by atoms with Gasteiger partial charge in [0.15, 0.2) is 0 Å². The number of benzene rings is 3. The summed E-state index contributed by atoms with van der Waals surface area (Å²) in [6.45, 7) is 15.6. The fraction of sp³-hybridized carbons (Fsp3) is 0.475. The number of likely N-dealkylation sites (tertiary alicyclic amines) is 1. The molecule has 1 heterocycles. The molecule has 7 nitrogen and oxygen atoms in total. The van der Waals surface area contributed by atoms with Crippen molar-refractivity contribution in [3.8, 4) is 5.75 Å². The zero-order valence-corrected chi connectivity index (χ0v) is 30.6. The van der Waals surface area contributed by atoms with E-state index in [-0.39, 0.29) is 18.4 Å². The third kappa shape index (κ3) is 12.3. The monoisotopic (exact) mass is 674 g/mol. The van der Waals surface area contributed by atoms with Crippen LogP contribution in [0.5, 0.6) is 5.75 Å². The molecule has 0 spiro atoms. The zero-order chi connectivity index (χ0) is 35.3. The van der Waals surface area contributed by atoms with Crippen LogP contribution in [0, 0.1) is 18.3 Å². The highest BCUT2D eigenvalue weighted by molar-refractivity contribution is 7.81. The van der Waals surface area contributed by atoms with Crippen LogP contribution in [0.15, 0.2) is 78.9 Å². The first-order chi connectivity index (χ1) is 22.8. The van der Waals surface area contributed by atoms with Crippen molar-refractivity contribution in [1.29, 1.82) is 0 Å². The van der Waals surface area contributed by atoms with Gasteiger partial charge in [-0.1, -0.05) is 113 Å². The predicted molar refractivity (Wildman–Crippen MR) is 196 cm³/mol. The van der Waals surface area contributed by atoms with E-state index >= 15 is 0 Å². The van der Waals surface area contributed by atoms with Crippen LogP contribution in [0.25, 0.3) is 0 Å². The molecule has 1 saturated heterocycles. The summed E-state index contributed by atoms with van der Waals surface area (Å²) in [5.41, 5.74) is 4.35. The smallest absolute Gasteiger partial charge is 0.329 e. The Kier molecular flexibility index (Phi) is 15.0. The summed E-state index contributed by atoms with van der Waals surface area (Å²) in [6, 6.07) is 24.0. The minimum absolute atomic E-state index is 0.159. The summed E-state index contributed by atoms with van der Waals surface area (Å²) in [5, 5.41) is 3.32. The number of carbonyl (C=O) groups excluding carboxylic acids is 3. The maximum absolute atomic E-state index is 13.6. The lowest BCUT2D eigenvalue weighted by Gasteiger charge is -2.29. The fourth-order valence-corrected chi connectivity index (χ4v) is 5.88. The van der Waals surface area contributed by atoms with Crippen molar-refractivity contribution >= 4 is 30.4 Å². The van der Waals surface area contributed by atoms with E-state index in [0.717, 1.165) is 28.0 Å². The summed E-state index contributed by atoms with van der Waals surface area (Å²) in [6.07, 6.45) is 2.16. The number of amides is 2. The predicted octanol–water partition coefficient (Wildman–Crippen LogP) is 7.73. The van der Waals surface area contributed by atoms with Gasteiger partial charge in [0.05, 0.1) is 0 Å². The Morgan fingerprint density at radius 2 is 1.54 bits per heavy atom. The number of thiol groups is 1. The van der Waals surface area contributed by atoms with Crippen molar-refractivity contribution in [1.82, 2.24) is 10.2 Å². The standard InChI is InChI=1S/C32H36N2O5.C8H18S/c1-23-15-18-30(38-21-25-10-5-3-6-11-25)27(20-23)16-17-28(33-24(2)35)31(36)34-19-9-14-29(34)32(37)39-22-26-12-7-4-8-13-26;1-6(2)7(9)8(3,4)5/h3-8,10-13,15,18,20,28-29H,9,14,16-17,19,21-22H2,1-2H3,(H,33,35);6-7,9H,1-5H3. The fourth-order valence-electron chi connectivity index (χ4n) is 5.88. The molecule has 0 radical (unpaired) electrons. The minimum atomic E-state index is -0.757. The summed E-state index contributed by atoms with van der Waals surface area (Å²) < 4.78 is 11.7. The third-order valence-electron chi connectivity index (χ3n) is 8.38. The van der Waals surface area contributed by atoms with Crippen LogP contribution in [0.2, 0.25) is 0 Å². The number of carbonyl (C=O) groups is 3.